The molecule has 0 saturated heterocycles. The first kappa shape index (κ1) is 28.8. The lowest BCUT2D eigenvalue weighted by Crippen LogP contribution is -2.55. The van der Waals surface area contributed by atoms with E-state index >= 15 is 0 Å². The number of fused-ring (bicyclic) bond motifs is 4. The van der Waals surface area contributed by atoms with Crippen molar-refractivity contribution in [2.45, 2.75) is 87.8 Å². The van der Waals surface area contributed by atoms with Crippen molar-refractivity contribution in [2.75, 3.05) is 0 Å². The minimum absolute atomic E-state index is 0.0618. The van der Waals surface area contributed by atoms with Gasteiger partial charge in [-0.25, -0.2) is 9.66 Å². The highest BCUT2D eigenvalue weighted by molar-refractivity contribution is 7.89. The average Bonchev–Trinajstić information content (AvgIpc) is 2.90. The van der Waals surface area contributed by atoms with Gasteiger partial charge in [0.15, 0.2) is 0 Å². The van der Waals surface area contributed by atoms with Crippen LogP contribution in [0.1, 0.15) is 75.3 Å². The molecule has 5 rings (SSSR count). The van der Waals surface area contributed by atoms with Crippen LogP contribution in [0.2, 0.25) is 0 Å². The first-order chi connectivity index (χ1) is 19.2. The Hall–Kier alpha value is -2.72. The van der Waals surface area contributed by atoms with Crippen LogP contribution in [0.4, 0.5) is 0 Å². The van der Waals surface area contributed by atoms with Gasteiger partial charge in [-0.1, -0.05) is 61.1 Å². The van der Waals surface area contributed by atoms with Crippen LogP contribution in [-0.2, 0) is 20.0 Å². The third-order valence-electron chi connectivity index (χ3n) is 8.85. The van der Waals surface area contributed by atoms with E-state index in [1.165, 1.54) is 0 Å². The molecule has 0 spiro atoms. The molecule has 4 unspecified atom stereocenters. The molecular weight excluding hydrogens is 544 g/mol. The average molecular weight is 585 g/mol. The van der Waals surface area contributed by atoms with E-state index in [2.05, 4.69) is 19.9 Å². The van der Waals surface area contributed by atoms with Gasteiger partial charge in [-0.15, -0.1) is 0 Å². The number of hydrazone groups is 2. The molecule has 10 heteroatoms. The predicted octanol–water partition coefficient (Wildman–Crippen LogP) is 5.68. The summed E-state index contributed by atoms with van der Waals surface area (Å²) in [6.45, 7) is 3.83. The molecule has 3 saturated carbocycles. The van der Waals surface area contributed by atoms with Crippen molar-refractivity contribution in [3.63, 3.8) is 0 Å². The number of nitrogens with one attached hydrogen (secondary N) is 2. The van der Waals surface area contributed by atoms with E-state index in [0.717, 1.165) is 86.8 Å². The number of aryl methyl sites for hydroxylation is 2. The molecule has 2 N–H and O–H groups in total. The zero-order valence-electron chi connectivity index (χ0n) is 23.3. The third kappa shape index (κ3) is 6.28. The smallest absolute Gasteiger partial charge is 0.200 e. The molecule has 3 aliphatic carbocycles. The Morgan fingerprint density at radius 1 is 0.575 bits per heavy atom. The zero-order chi connectivity index (χ0) is 28.3. The van der Waals surface area contributed by atoms with Gasteiger partial charge in [0.25, 0.3) is 20.0 Å². The highest BCUT2D eigenvalue weighted by Gasteiger charge is 2.54. The third-order valence-corrected chi connectivity index (χ3v) is 11.3. The molecule has 8 nitrogen and oxygen atoms in total. The van der Waals surface area contributed by atoms with E-state index < -0.39 is 20.0 Å². The maximum absolute atomic E-state index is 13.0. The van der Waals surface area contributed by atoms with Crippen LogP contribution in [0, 0.1) is 37.5 Å². The Labute approximate surface area is 238 Å². The molecule has 3 aliphatic rings. The van der Waals surface area contributed by atoms with Crippen molar-refractivity contribution in [3.05, 3.63) is 59.7 Å². The van der Waals surface area contributed by atoms with E-state index in [1.54, 1.807) is 48.5 Å². The van der Waals surface area contributed by atoms with Gasteiger partial charge in [-0.05, 0) is 88.5 Å². The van der Waals surface area contributed by atoms with Gasteiger partial charge in [0, 0.05) is 23.3 Å². The van der Waals surface area contributed by atoms with Gasteiger partial charge in [0.1, 0.15) is 0 Å². The largest absolute Gasteiger partial charge is 0.276 e. The van der Waals surface area contributed by atoms with E-state index in [1.807, 2.05) is 13.8 Å². The number of hydrogen-bond donors (Lipinski definition) is 2. The van der Waals surface area contributed by atoms with Crippen molar-refractivity contribution in [2.24, 2.45) is 33.9 Å². The van der Waals surface area contributed by atoms with Gasteiger partial charge in [-0.2, -0.15) is 27.0 Å². The lowest BCUT2D eigenvalue weighted by atomic mass is 9.49. The number of sulfonamides is 2. The van der Waals surface area contributed by atoms with Crippen molar-refractivity contribution < 1.29 is 16.8 Å². The van der Waals surface area contributed by atoms with Gasteiger partial charge < -0.3 is 0 Å². The second-order valence-corrected chi connectivity index (χ2v) is 14.9. The Bertz CT molecular complexity index is 1350. The zero-order valence-corrected chi connectivity index (χ0v) is 25.0. The van der Waals surface area contributed by atoms with E-state index in [9.17, 15) is 16.8 Å². The standard InChI is InChI=1S/C30H40N4O4S2/c1-21-13-17-23(18-14-21)39(35,36)33-31-27-11-7-3-5-9-25-26-10-6-4-8-12-28(30(26)29(25)27)32-34-40(37,38)24-19-15-22(2)16-20-24/h13-20,25-26,29-30,33-34H,3-12H2,1-2H3/b31-27+,32-28+. The Morgan fingerprint density at radius 3 is 1.32 bits per heavy atom. The number of hydrogen-bond acceptors (Lipinski definition) is 6. The Morgan fingerprint density at radius 2 is 0.950 bits per heavy atom. The number of benzene rings is 2. The van der Waals surface area contributed by atoms with Crippen LogP contribution >= 0.6 is 0 Å². The van der Waals surface area contributed by atoms with Gasteiger partial charge >= 0.3 is 0 Å². The summed E-state index contributed by atoms with van der Waals surface area (Å²) >= 11 is 0. The Kier molecular flexibility index (Phi) is 8.66. The quantitative estimate of drug-likeness (QED) is 0.425. The summed E-state index contributed by atoms with van der Waals surface area (Å²) in [5.41, 5.74) is 3.72. The second kappa shape index (κ2) is 12.0. The molecule has 0 aromatic heterocycles. The normalized spacial score (nSPS) is 27.8. The van der Waals surface area contributed by atoms with Gasteiger partial charge in [-0.3, -0.25) is 0 Å². The van der Waals surface area contributed by atoms with E-state index in [4.69, 9.17) is 0 Å². The molecule has 3 fully saturated rings. The first-order valence-corrected chi connectivity index (χ1v) is 17.4. The van der Waals surface area contributed by atoms with Crippen molar-refractivity contribution >= 4 is 31.5 Å². The van der Waals surface area contributed by atoms with Crippen molar-refractivity contribution in [1.82, 2.24) is 9.66 Å². The summed E-state index contributed by atoms with van der Waals surface area (Å²) in [5.74, 6) is 0.938. The number of rotatable bonds is 6. The molecule has 0 radical (unpaired) electrons. The van der Waals surface area contributed by atoms with Crippen LogP contribution in [-0.4, -0.2) is 28.3 Å². The van der Waals surface area contributed by atoms with Crippen LogP contribution in [0.25, 0.3) is 0 Å². The SMILES string of the molecule is Cc1ccc(S(=O)(=O)N/N=C2\CCCCCC3C4CCCCC/C(=N\NS(=O)(=O)c5ccc(C)cc5)C4C23)cc1. The van der Waals surface area contributed by atoms with Crippen LogP contribution < -0.4 is 9.66 Å². The van der Waals surface area contributed by atoms with Crippen molar-refractivity contribution in [1.29, 1.82) is 0 Å². The fraction of sp³-hybridized carbons (Fsp3) is 0.533. The highest BCUT2D eigenvalue weighted by atomic mass is 32.2. The molecule has 0 bridgehead atoms. The summed E-state index contributed by atoms with van der Waals surface area (Å²) in [4.78, 5) is 5.43. The molecule has 0 heterocycles. The summed E-state index contributed by atoms with van der Waals surface area (Å²) in [6.07, 6.45) is 10.0. The van der Waals surface area contributed by atoms with Crippen molar-refractivity contribution in [3.8, 4) is 0 Å². The fourth-order valence-corrected chi connectivity index (χ4v) is 8.39. The minimum atomic E-state index is -3.79. The topological polar surface area (TPSA) is 117 Å². The first-order valence-electron chi connectivity index (χ1n) is 14.5. The molecule has 4 atom stereocenters. The lowest BCUT2D eigenvalue weighted by molar-refractivity contribution is 0.0430. The van der Waals surface area contributed by atoms with Gasteiger partial charge in [0.05, 0.1) is 9.79 Å². The summed E-state index contributed by atoms with van der Waals surface area (Å²) in [6, 6.07) is 13.5. The number of nitrogens with zero attached hydrogens (tertiary/aromatic N) is 2. The van der Waals surface area contributed by atoms with Crippen LogP contribution in [0.15, 0.2) is 68.5 Å². The molecule has 216 valence electrons. The summed E-state index contributed by atoms with van der Waals surface area (Å²) in [7, 11) is -7.59. The molecule has 2 aromatic rings. The maximum atomic E-state index is 13.0. The lowest BCUT2D eigenvalue weighted by Gasteiger charge is -2.55. The fourth-order valence-electron chi connectivity index (χ4n) is 6.71. The molecular formula is C30H40N4O4S2. The molecule has 0 amide bonds. The second-order valence-electron chi connectivity index (χ2n) is 11.6. The summed E-state index contributed by atoms with van der Waals surface area (Å²) < 4.78 is 52.2. The minimum Gasteiger partial charge on any atom is -0.200 e. The van der Waals surface area contributed by atoms with E-state index in [0.29, 0.717) is 11.8 Å². The highest BCUT2D eigenvalue weighted by Crippen LogP contribution is 2.55. The van der Waals surface area contributed by atoms with E-state index in [-0.39, 0.29) is 21.6 Å². The Balaban J connectivity index is 1.44. The maximum Gasteiger partial charge on any atom is 0.276 e. The monoisotopic (exact) mass is 584 g/mol. The molecule has 2 aromatic carbocycles. The molecule has 0 aliphatic heterocycles. The molecule has 40 heavy (non-hydrogen) atoms. The summed E-state index contributed by atoms with van der Waals surface area (Å²) in [5, 5.41) is 9.13. The predicted molar refractivity (Wildman–Crippen MR) is 158 cm³/mol. The van der Waals surface area contributed by atoms with Crippen LogP contribution in [0.3, 0.4) is 0 Å². The van der Waals surface area contributed by atoms with Gasteiger partial charge in [0.2, 0.25) is 0 Å². The van der Waals surface area contributed by atoms with Crippen LogP contribution in [0.5, 0.6) is 0 Å².